The number of aryl methyl sites for hydroxylation is 1. The molecule has 1 aliphatic carbocycles. The number of rotatable bonds is 6. The van der Waals surface area contributed by atoms with E-state index in [1.165, 1.54) is 19.3 Å². The Balaban J connectivity index is 1.71. The number of ether oxygens (including phenoxy) is 2. The first-order valence-electron chi connectivity index (χ1n) is 11.4. The Morgan fingerprint density at radius 2 is 1.34 bits per heavy atom. The molecule has 0 spiro atoms. The molecule has 0 unspecified atom stereocenters. The van der Waals surface area contributed by atoms with Crippen LogP contribution in [0.15, 0.2) is 72.8 Å². The molecule has 0 saturated heterocycles. The van der Waals surface area contributed by atoms with Gasteiger partial charge in [0.25, 0.3) is 0 Å². The molecular formula is C28H28O4. The molecule has 0 atom stereocenters. The minimum atomic E-state index is -0.470. The van der Waals surface area contributed by atoms with Crippen LogP contribution < -0.4 is 9.47 Å². The van der Waals surface area contributed by atoms with Crippen LogP contribution in [0.5, 0.6) is 11.5 Å². The first-order chi connectivity index (χ1) is 15.7. The summed E-state index contributed by atoms with van der Waals surface area (Å²) in [5.74, 6) is 0.128. The van der Waals surface area contributed by atoms with Gasteiger partial charge in [0.05, 0.1) is 11.1 Å². The molecule has 32 heavy (non-hydrogen) atoms. The summed E-state index contributed by atoms with van der Waals surface area (Å²) in [6.45, 7) is 2.02. The van der Waals surface area contributed by atoms with Crippen molar-refractivity contribution in [2.24, 2.45) is 0 Å². The smallest absolute Gasteiger partial charge is 0.343 e. The minimum absolute atomic E-state index is 0.308. The average molecular weight is 429 g/mol. The van der Waals surface area contributed by atoms with E-state index in [1.54, 1.807) is 48.5 Å². The maximum absolute atomic E-state index is 12.8. The Hall–Kier alpha value is -3.40. The highest BCUT2D eigenvalue weighted by Crippen LogP contribution is 2.40. The predicted molar refractivity (Wildman–Crippen MR) is 124 cm³/mol. The Bertz CT molecular complexity index is 1070. The molecular weight excluding hydrogens is 400 g/mol. The Morgan fingerprint density at radius 1 is 0.781 bits per heavy atom. The van der Waals surface area contributed by atoms with Crippen LogP contribution in [0.2, 0.25) is 0 Å². The average Bonchev–Trinajstić information content (AvgIpc) is 2.86. The monoisotopic (exact) mass is 428 g/mol. The highest BCUT2D eigenvalue weighted by molar-refractivity contribution is 5.93. The standard InChI is InChI=1S/C28H28O4/c1-2-20-18-24(21-12-6-3-7-13-21)19-25(31-27(29)22-14-8-4-9-15-22)26(20)32-28(30)23-16-10-5-11-17-23/h4-5,8-11,14-19,21H,2-3,6-7,12-13H2,1H3. The van der Waals surface area contributed by atoms with Crippen LogP contribution in [0.25, 0.3) is 0 Å². The van der Waals surface area contributed by atoms with Gasteiger partial charge in [-0.2, -0.15) is 0 Å². The molecule has 4 nitrogen and oxygen atoms in total. The molecule has 0 bridgehead atoms. The van der Waals surface area contributed by atoms with E-state index in [1.807, 2.05) is 25.1 Å². The van der Waals surface area contributed by atoms with E-state index < -0.39 is 11.9 Å². The highest BCUT2D eigenvalue weighted by atomic mass is 16.6. The largest absolute Gasteiger partial charge is 0.419 e. The third kappa shape index (κ3) is 5.08. The molecule has 0 heterocycles. The summed E-state index contributed by atoms with van der Waals surface area (Å²) in [4.78, 5) is 25.7. The number of carbonyl (C=O) groups is 2. The van der Waals surface area contributed by atoms with Crippen LogP contribution in [0.1, 0.15) is 76.8 Å². The lowest BCUT2D eigenvalue weighted by Gasteiger charge is -2.24. The lowest BCUT2D eigenvalue weighted by molar-refractivity contribution is 0.0681. The SMILES string of the molecule is CCc1cc(C2CCCCC2)cc(OC(=O)c2ccccc2)c1OC(=O)c1ccccc1. The van der Waals surface area contributed by atoms with Gasteiger partial charge in [-0.05, 0) is 66.6 Å². The predicted octanol–water partition coefficient (Wildman–Crippen LogP) is 6.74. The van der Waals surface area contributed by atoms with Crippen molar-refractivity contribution in [2.45, 2.75) is 51.4 Å². The van der Waals surface area contributed by atoms with Gasteiger partial charge in [0, 0.05) is 0 Å². The van der Waals surface area contributed by atoms with Gasteiger partial charge < -0.3 is 9.47 Å². The molecule has 4 heteroatoms. The van der Waals surface area contributed by atoms with Gasteiger partial charge in [0.2, 0.25) is 0 Å². The zero-order valence-electron chi connectivity index (χ0n) is 18.4. The van der Waals surface area contributed by atoms with E-state index in [0.29, 0.717) is 35.0 Å². The van der Waals surface area contributed by atoms with Crippen LogP contribution in [0, 0.1) is 0 Å². The summed E-state index contributed by atoms with van der Waals surface area (Å²) in [6.07, 6.45) is 6.58. The van der Waals surface area contributed by atoms with Crippen molar-refractivity contribution >= 4 is 11.9 Å². The summed E-state index contributed by atoms with van der Waals surface area (Å²) in [6, 6.07) is 21.7. The third-order valence-electron chi connectivity index (χ3n) is 6.03. The topological polar surface area (TPSA) is 52.6 Å². The first-order valence-corrected chi connectivity index (χ1v) is 11.4. The number of hydrogen-bond acceptors (Lipinski definition) is 4. The molecule has 0 aromatic heterocycles. The van der Waals surface area contributed by atoms with Crippen molar-refractivity contribution in [1.82, 2.24) is 0 Å². The summed E-state index contributed by atoms with van der Waals surface area (Å²) in [7, 11) is 0. The zero-order valence-corrected chi connectivity index (χ0v) is 18.4. The molecule has 0 aliphatic heterocycles. The molecule has 4 rings (SSSR count). The van der Waals surface area contributed by atoms with Gasteiger partial charge in [-0.15, -0.1) is 0 Å². The normalized spacial score (nSPS) is 14.0. The molecule has 3 aromatic rings. The number of hydrogen-bond donors (Lipinski definition) is 0. The summed E-state index contributed by atoms with van der Waals surface area (Å²) in [5, 5.41) is 0. The van der Waals surface area contributed by atoms with E-state index in [2.05, 4.69) is 6.07 Å². The number of esters is 2. The van der Waals surface area contributed by atoms with Crippen LogP contribution >= 0.6 is 0 Å². The van der Waals surface area contributed by atoms with Gasteiger partial charge in [-0.1, -0.05) is 68.7 Å². The summed E-state index contributed by atoms with van der Waals surface area (Å²) in [5.41, 5.74) is 2.92. The zero-order chi connectivity index (χ0) is 22.3. The van der Waals surface area contributed by atoms with Crippen molar-refractivity contribution in [2.75, 3.05) is 0 Å². The third-order valence-corrected chi connectivity index (χ3v) is 6.03. The minimum Gasteiger partial charge on any atom is -0.419 e. The highest BCUT2D eigenvalue weighted by Gasteiger charge is 2.24. The lowest BCUT2D eigenvalue weighted by Crippen LogP contribution is -2.15. The fourth-order valence-electron chi connectivity index (χ4n) is 4.27. The van der Waals surface area contributed by atoms with Gasteiger partial charge in [-0.25, -0.2) is 9.59 Å². The molecule has 0 N–H and O–H groups in total. The van der Waals surface area contributed by atoms with E-state index >= 15 is 0 Å². The molecule has 0 amide bonds. The second-order valence-electron chi connectivity index (χ2n) is 8.21. The molecule has 0 radical (unpaired) electrons. The van der Waals surface area contributed by atoms with Gasteiger partial charge in [0.15, 0.2) is 11.5 Å². The van der Waals surface area contributed by atoms with E-state index in [-0.39, 0.29) is 0 Å². The van der Waals surface area contributed by atoms with Crippen molar-refractivity contribution in [3.63, 3.8) is 0 Å². The summed E-state index contributed by atoms with van der Waals surface area (Å²) < 4.78 is 11.6. The van der Waals surface area contributed by atoms with E-state index in [0.717, 1.165) is 24.0 Å². The first kappa shape index (κ1) is 21.8. The van der Waals surface area contributed by atoms with Crippen molar-refractivity contribution in [3.05, 3.63) is 95.1 Å². The van der Waals surface area contributed by atoms with Crippen LogP contribution in [0.3, 0.4) is 0 Å². The van der Waals surface area contributed by atoms with Crippen LogP contribution in [-0.2, 0) is 6.42 Å². The lowest BCUT2D eigenvalue weighted by atomic mass is 9.83. The second kappa shape index (κ2) is 10.3. The van der Waals surface area contributed by atoms with Gasteiger partial charge in [-0.3, -0.25) is 0 Å². The number of benzene rings is 3. The van der Waals surface area contributed by atoms with Gasteiger partial charge in [0.1, 0.15) is 0 Å². The molecule has 1 fully saturated rings. The van der Waals surface area contributed by atoms with Crippen molar-refractivity contribution < 1.29 is 19.1 Å². The van der Waals surface area contributed by atoms with Crippen molar-refractivity contribution in [1.29, 1.82) is 0 Å². The van der Waals surface area contributed by atoms with E-state index in [9.17, 15) is 9.59 Å². The molecule has 1 aliphatic rings. The Morgan fingerprint density at radius 3 is 1.91 bits per heavy atom. The molecule has 1 saturated carbocycles. The fraction of sp³-hybridized carbons (Fsp3) is 0.286. The Labute approximate surface area is 189 Å². The second-order valence-corrected chi connectivity index (χ2v) is 8.21. The quantitative estimate of drug-likeness (QED) is 0.322. The summed E-state index contributed by atoms with van der Waals surface area (Å²) >= 11 is 0. The van der Waals surface area contributed by atoms with Crippen LogP contribution in [-0.4, -0.2) is 11.9 Å². The van der Waals surface area contributed by atoms with Crippen molar-refractivity contribution in [3.8, 4) is 11.5 Å². The molecule has 164 valence electrons. The fourth-order valence-corrected chi connectivity index (χ4v) is 4.27. The maximum Gasteiger partial charge on any atom is 0.343 e. The van der Waals surface area contributed by atoms with Gasteiger partial charge >= 0.3 is 11.9 Å². The number of carbonyl (C=O) groups excluding carboxylic acids is 2. The Kier molecular flexibility index (Phi) is 7.00. The van der Waals surface area contributed by atoms with E-state index in [4.69, 9.17) is 9.47 Å². The maximum atomic E-state index is 12.8. The van der Waals surface area contributed by atoms with Crippen LogP contribution in [0.4, 0.5) is 0 Å². The molecule has 3 aromatic carbocycles.